The molecule has 0 N–H and O–H groups in total. The summed E-state index contributed by atoms with van der Waals surface area (Å²) in [5.74, 6) is -0.00184. The molecule has 28 heavy (non-hydrogen) atoms. The molecular weight excluding hydrogens is 352 g/mol. The third-order valence-electron chi connectivity index (χ3n) is 4.85. The number of amides is 1. The van der Waals surface area contributed by atoms with Gasteiger partial charge in [-0.1, -0.05) is 12.1 Å². The normalized spacial score (nSPS) is 16.1. The van der Waals surface area contributed by atoms with Gasteiger partial charge in [0.2, 0.25) is 0 Å². The number of benzene rings is 1. The Morgan fingerprint density at radius 3 is 2.54 bits per heavy atom. The molecule has 0 radical (unpaired) electrons. The molecule has 0 bridgehead atoms. The van der Waals surface area contributed by atoms with Crippen molar-refractivity contribution in [3.05, 3.63) is 78.5 Å². The average molecular weight is 374 g/mol. The van der Waals surface area contributed by atoms with Gasteiger partial charge in [0.15, 0.2) is 0 Å². The minimum atomic E-state index is -0.00184. The highest BCUT2D eigenvalue weighted by Crippen LogP contribution is 2.20. The lowest BCUT2D eigenvalue weighted by molar-refractivity contribution is 0.0507. The fourth-order valence-electron chi connectivity index (χ4n) is 3.38. The summed E-state index contributed by atoms with van der Waals surface area (Å²) < 4.78 is 5.76. The third-order valence-corrected chi connectivity index (χ3v) is 4.85. The minimum absolute atomic E-state index is 0.00184. The molecule has 1 saturated heterocycles. The molecule has 0 saturated carbocycles. The second-order valence-corrected chi connectivity index (χ2v) is 6.84. The number of aromatic nitrogens is 3. The van der Waals surface area contributed by atoms with Crippen molar-refractivity contribution in [1.29, 1.82) is 0 Å². The van der Waals surface area contributed by atoms with E-state index in [2.05, 4.69) is 15.0 Å². The number of carbonyl (C=O) groups excluding carboxylic acids is 1. The minimum Gasteiger partial charge on any atom is -0.376 e. The zero-order valence-corrected chi connectivity index (χ0v) is 15.6. The molecule has 0 unspecified atom stereocenters. The highest BCUT2D eigenvalue weighted by atomic mass is 16.5. The van der Waals surface area contributed by atoms with E-state index < -0.39 is 0 Å². The van der Waals surface area contributed by atoms with Crippen molar-refractivity contribution in [2.24, 2.45) is 0 Å². The van der Waals surface area contributed by atoms with Crippen molar-refractivity contribution in [2.45, 2.75) is 25.5 Å². The summed E-state index contributed by atoms with van der Waals surface area (Å²) >= 11 is 0. The van der Waals surface area contributed by atoms with E-state index in [1.54, 1.807) is 31.0 Å². The third kappa shape index (κ3) is 4.40. The fourth-order valence-corrected chi connectivity index (χ4v) is 3.38. The van der Waals surface area contributed by atoms with Gasteiger partial charge in [0.05, 0.1) is 18.0 Å². The first-order chi connectivity index (χ1) is 13.8. The first-order valence-electron chi connectivity index (χ1n) is 9.46. The molecule has 1 atom stereocenters. The van der Waals surface area contributed by atoms with Gasteiger partial charge < -0.3 is 9.64 Å². The SMILES string of the molecule is O=C(c1ccc(-c2cnccn2)cc1)N(Cc1ccncc1)C[C@@H]1CCCO1. The van der Waals surface area contributed by atoms with Crippen LogP contribution >= 0.6 is 0 Å². The molecule has 3 aromatic rings. The zero-order valence-electron chi connectivity index (χ0n) is 15.6. The summed E-state index contributed by atoms with van der Waals surface area (Å²) in [7, 11) is 0. The standard InChI is InChI=1S/C22H22N4O2/c27-22(19-5-3-18(4-6-19)21-14-24-11-12-25-21)26(16-20-2-1-13-28-20)15-17-7-9-23-10-8-17/h3-12,14,20H,1-2,13,15-16H2/t20-/m0/s1. The molecule has 142 valence electrons. The van der Waals surface area contributed by atoms with Crippen LogP contribution in [0.25, 0.3) is 11.3 Å². The predicted octanol–water partition coefficient (Wildman–Crippen LogP) is 3.36. The van der Waals surface area contributed by atoms with Crippen LogP contribution in [0.4, 0.5) is 0 Å². The van der Waals surface area contributed by atoms with Gasteiger partial charge in [-0.2, -0.15) is 0 Å². The van der Waals surface area contributed by atoms with Crippen molar-refractivity contribution in [3.63, 3.8) is 0 Å². The lowest BCUT2D eigenvalue weighted by Crippen LogP contribution is -2.37. The zero-order chi connectivity index (χ0) is 19.2. The topological polar surface area (TPSA) is 68.2 Å². The Morgan fingerprint density at radius 2 is 1.86 bits per heavy atom. The average Bonchev–Trinajstić information content (AvgIpc) is 3.27. The fraction of sp³-hybridized carbons (Fsp3) is 0.273. The van der Waals surface area contributed by atoms with Crippen LogP contribution in [0.15, 0.2) is 67.4 Å². The molecule has 1 aliphatic heterocycles. The summed E-state index contributed by atoms with van der Waals surface area (Å²) in [6.45, 7) is 1.90. The van der Waals surface area contributed by atoms with E-state index in [0.717, 1.165) is 36.3 Å². The molecule has 1 amide bonds. The van der Waals surface area contributed by atoms with E-state index in [0.29, 0.717) is 18.7 Å². The van der Waals surface area contributed by atoms with Crippen LogP contribution in [0, 0.1) is 0 Å². The second-order valence-electron chi connectivity index (χ2n) is 6.84. The highest BCUT2D eigenvalue weighted by Gasteiger charge is 2.23. The van der Waals surface area contributed by atoms with Gasteiger partial charge in [0.25, 0.3) is 5.91 Å². The number of rotatable bonds is 6. The molecule has 3 heterocycles. The molecule has 0 aliphatic carbocycles. The smallest absolute Gasteiger partial charge is 0.254 e. The largest absolute Gasteiger partial charge is 0.376 e. The first kappa shape index (κ1) is 18.3. The molecule has 1 aliphatic rings. The van der Waals surface area contributed by atoms with Gasteiger partial charge in [-0.05, 0) is 42.7 Å². The van der Waals surface area contributed by atoms with Gasteiger partial charge in [-0.15, -0.1) is 0 Å². The predicted molar refractivity (Wildman–Crippen MR) is 105 cm³/mol. The summed E-state index contributed by atoms with van der Waals surface area (Å²) in [5, 5.41) is 0. The van der Waals surface area contributed by atoms with Crippen molar-refractivity contribution in [3.8, 4) is 11.3 Å². The number of hydrogen-bond donors (Lipinski definition) is 0. The van der Waals surface area contributed by atoms with Crippen LogP contribution in [0.2, 0.25) is 0 Å². The molecule has 0 spiro atoms. The number of ether oxygens (including phenoxy) is 1. The molecule has 4 rings (SSSR count). The van der Waals surface area contributed by atoms with Gasteiger partial charge in [-0.25, -0.2) is 0 Å². The maximum absolute atomic E-state index is 13.2. The molecule has 1 fully saturated rings. The van der Waals surface area contributed by atoms with Crippen molar-refractivity contribution < 1.29 is 9.53 Å². The van der Waals surface area contributed by atoms with Crippen LogP contribution in [0.3, 0.4) is 0 Å². The Morgan fingerprint density at radius 1 is 1.04 bits per heavy atom. The number of hydrogen-bond acceptors (Lipinski definition) is 5. The molecule has 1 aromatic carbocycles. The van der Waals surface area contributed by atoms with Gasteiger partial charge in [-0.3, -0.25) is 19.7 Å². The first-order valence-corrected chi connectivity index (χ1v) is 9.46. The van der Waals surface area contributed by atoms with Crippen molar-refractivity contribution in [2.75, 3.05) is 13.2 Å². The van der Waals surface area contributed by atoms with Gasteiger partial charge in [0, 0.05) is 55.6 Å². The van der Waals surface area contributed by atoms with Crippen LogP contribution in [-0.4, -0.2) is 45.0 Å². The summed E-state index contributed by atoms with van der Waals surface area (Å²) in [6.07, 6.45) is 10.7. The van der Waals surface area contributed by atoms with E-state index in [1.807, 2.05) is 41.3 Å². The van der Waals surface area contributed by atoms with E-state index in [9.17, 15) is 4.79 Å². The maximum Gasteiger partial charge on any atom is 0.254 e. The second kappa shape index (κ2) is 8.71. The monoisotopic (exact) mass is 374 g/mol. The van der Waals surface area contributed by atoms with Crippen LogP contribution < -0.4 is 0 Å². The summed E-state index contributed by atoms with van der Waals surface area (Å²) in [5.41, 5.74) is 3.43. The van der Waals surface area contributed by atoms with Crippen molar-refractivity contribution in [1.82, 2.24) is 19.9 Å². The highest BCUT2D eigenvalue weighted by molar-refractivity contribution is 5.94. The van der Waals surface area contributed by atoms with Crippen LogP contribution in [0.1, 0.15) is 28.8 Å². The Kier molecular flexibility index (Phi) is 5.68. The Hall–Kier alpha value is -3.12. The van der Waals surface area contributed by atoms with Crippen molar-refractivity contribution >= 4 is 5.91 Å². The number of pyridine rings is 1. The molecule has 6 heteroatoms. The Labute approximate surface area is 164 Å². The molecular formula is C22H22N4O2. The number of nitrogens with zero attached hydrogens (tertiary/aromatic N) is 4. The molecule has 6 nitrogen and oxygen atoms in total. The summed E-state index contributed by atoms with van der Waals surface area (Å²) in [6, 6.07) is 11.4. The van der Waals surface area contributed by atoms with E-state index in [1.165, 1.54) is 0 Å². The van der Waals surface area contributed by atoms with E-state index in [4.69, 9.17) is 4.74 Å². The molecule has 2 aromatic heterocycles. The maximum atomic E-state index is 13.2. The Balaban J connectivity index is 1.53. The Bertz CT molecular complexity index is 895. The van der Waals surface area contributed by atoms with E-state index in [-0.39, 0.29) is 12.0 Å². The van der Waals surface area contributed by atoms with Gasteiger partial charge >= 0.3 is 0 Å². The quantitative estimate of drug-likeness (QED) is 0.662. The van der Waals surface area contributed by atoms with Gasteiger partial charge in [0.1, 0.15) is 0 Å². The van der Waals surface area contributed by atoms with Crippen LogP contribution in [-0.2, 0) is 11.3 Å². The number of carbonyl (C=O) groups is 1. The van der Waals surface area contributed by atoms with Crippen LogP contribution in [0.5, 0.6) is 0 Å². The lowest BCUT2D eigenvalue weighted by Gasteiger charge is -2.26. The lowest BCUT2D eigenvalue weighted by atomic mass is 10.1. The summed E-state index contributed by atoms with van der Waals surface area (Å²) in [4.78, 5) is 27.5. The van der Waals surface area contributed by atoms with E-state index >= 15 is 0 Å².